The highest BCUT2D eigenvalue weighted by Gasteiger charge is 2.17. The zero-order valence-electron chi connectivity index (χ0n) is 11.4. The Bertz CT molecular complexity index is 521. The van der Waals surface area contributed by atoms with Gasteiger partial charge in [0.15, 0.2) is 5.82 Å². The highest BCUT2D eigenvalue weighted by atomic mass is 16.5. The SMILES string of the molecule is c1ccc(CCc2noc(CC3CNCCO3)n2)cc1. The van der Waals surface area contributed by atoms with E-state index in [1.54, 1.807) is 0 Å². The summed E-state index contributed by atoms with van der Waals surface area (Å²) in [6.07, 6.45) is 2.57. The Labute approximate surface area is 118 Å². The second kappa shape index (κ2) is 6.63. The standard InChI is InChI=1S/C15H19N3O2/c1-2-4-12(5-3-1)6-7-14-17-15(20-18-14)10-13-11-16-8-9-19-13/h1-5,13,16H,6-11H2. The van der Waals surface area contributed by atoms with Crippen LogP contribution in [0.15, 0.2) is 34.9 Å². The highest BCUT2D eigenvalue weighted by Crippen LogP contribution is 2.08. The third-order valence-electron chi connectivity index (χ3n) is 3.40. The number of rotatable bonds is 5. The van der Waals surface area contributed by atoms with Crippen molar-refractivity contribution in [2.45, 2.75) is 25.4 Å². The number of aromatic nitrogens is 2. The normalized spacial score (nSPS) is 19.1. The van der Waals surface area contributed by atoms with Crippen molar-refractivity contribution in [3.05, 3.63) is 47.6 Å². The van der Waals surface area contributed by atoms with E-state index in [1.165, 1.54) is 5.56 Å². The van der Waals surface area contributed by atoms with Gasteiger partial charge in [0.25, 0.3) is 0 Å². The molecule has 0 amide bonds. The molecule has 0 saturated carbocycles. The van der Waals surface area contributed by atoms with Gasteiger partial charge in [-0.25, -0.2) is 0 Å². The Kier molecular flexibility index (Phi) is 4.40. The van der Waals surface area contributed by atoms with Gasteiger partial charge in [0.05, 0.1) is 19.1 Å². The maximum absolute atomic E-state index is 5.63. The molecule has 2 aromatic rings. The van der Waals surface area contributed by atoms with Gasteiger partial charge >= 0.3 is 0 Å². The van der Waals surface area contributed by atoms with Crippen molar-refractivity contribution in [2.75, 3.05) is 19.7 Å². The van der Waals surface area contributed by atoms with Gasteiger partial charge in [-0.2, -0.15) is 4.98 Å². The molecule has 1 atom stereocenters. The molecule has 0 bridgehead atoms. The van der Waals surface area contributed by atoms with Crippen molar-refractivity contribution in [1.29, 1.82) is 0 Å². The number of nitrogens with one attached hydrogen (secondary N) is 1. The molecule has 1 aliphatic heterocycles. The van der Waals surface area contributed by atoms with Gasteiger partial charge in [0.1, 0.15) is 0 Å². The quantitative estimate of drug-likeness (QED) is 0.892. The van der Waals surface area contributed by atoms with Crippen LogP contribution in [-0.4, -0.2) is 35.9 Å². The zero-order chi connectivity index (χ0) is 13.6. The molecule has 1 aliphatic rings. The summed E-state index contributed by atoms with van der Waals surface area (Å²) in [5, 5.41) is 7.33. The molecule has 0 radical (unpaired) electrons. The van der Waals surface area contributed by atoms with E-state index in [0.29, 0.717) is 12.3 Å². The highest BCUT2D eigenvalue weighted by molar-refractivity contribution is 5.15. The number of nitrogens with zero attached hydrogens (tertiary/aromatic N) is 2. The van der Waals surface area contributed by atoms with Crippen molar-refractivity contribution in [3.63, 3.8) is 0 Å². The van der Waals surface area contributed by atoms with Crippen molar-refractivity contribution < 1.29 is 9.26 Å². The van der Waals surface area contributed by atoms with Crippen LogP contribution >= 0.6 is 0 Å². The number of benzene rings is 1. The molecule has 0 spiro atoms. The van der Waals surface area contributed by atoms with E-state index in [4.69, 9.17) is 9.26 Å². The van der Waals surface area contributed by atoms with Gasteiger partial charge in [0, 0.05) is 19.5 Å². The summed E-state index contributed by atoms with van der Waals surface area (Å²) in [6.45, 7) is 2.52. The molecule has 1 unspecified atom stereocenters. The number of hydrogen-bond acceptors (Lipinski definition) is 5. The Morgan fingerprint density at radius 3 is 2.90 bits per heavy atom. The molecule has 3 rings (SSSR count). The summed E-state index contributed by atoms with van der Waals surface area (Å²) in [6, 6.07) is 10.3. The topological polar surface area (TPSA) is 60.2 Å². The van der Waals surface area contributed by atoms with E-state index in [0.717, 1.165) is 38.4 Å². The van der Waals surface area contributed by atoms with Gasteiger partial charge in [-0.05, 0) is 12.0 Å². The largest absolute Gasteiger partial charge is 0.375 e. The molecule has 1 saturated heterocycles. The lowest BCUT2D eigenvalue weighted by molar-refractivity contribution is 0.0246. The van der Waals surface area contributed by atoms with Gasteiger partial charge in [-0.1, -0.05) is 35.5 Å². The molecule has 20 heavy (non-hydrogen) atoms. The van der Waals surface area contributed by atoms with E-state index < -0.39 is 0 Å². The fourth-order valence-corrected chi connectivity index (χ4v) is 2.32. The van der Waals surface area contributed by atoms with E-state index >= 15 is 0 Å². The Morgan fingerprint density at radius 2 is 2.10 bits per heavy atom. The minimum atomic E-state index is 0.145. The van der Waals surface area contributed by atoms with Crippen LogP contribution in [0.5, 0.6) is 0 Å². The van der Waals surface area contributed by atoms with Crippen LogP contribution in [-0.2, 0) is 24.0 Å². The summed E-state index contributed by atoms with van der Waals surface area (Å²) >= 11 is 0. The van der Waals surface area contributed by atoms with Crippen molar-refractivity contribution in [1.82, 2.24) is 15.5 Å². The predicted molar refractivity (Wildman–Crippen MR) is 74.5 cm³/mol. The molecule has 0 aliphatic carbocycles. The summed E-state index contributed by atoms with van der Waals surface area (Å²) in [5.41, 5.74) is 1.29. The molecule has 1 aromatic carbocycles. The van der Waals surface area contributed by atoms with Crippen molar-refractivity contribution in [2.24, 2.45) is 0 Å². The molecular weight excluding hydrogens is 254 g/mol. The maximum atomic E-state index is 5.63. The van der Waals surface area contributed by atoms with Crippen molar-refractivity contribution >= 4 is 0 Å². The van der Waals surface area contributed by atoms with E-state index in [-0.39, 0.29) is 6.10 Å². The summed E-state index contributed by atoms with van der Waals surface area (Å²) < 4.78 is 10.9. The van der Waals surface area contributed by atoms with Crippen LogP contribution in [0.1, 0.15) is 17.3 Å². The van der Waals surface area contributed by atoms with Crippen molar-refractivity contribution in [3.8, 4) is 0 Å². The molecule has 5 nitrogen and oxygen atoms in total. The number of ether oxygens (including phenoxy) is 1. The summed E-state index contributed by atoms with van der Waals surface area (Å²) in [5.74, 6) is 1.44. The molecule has 1 fully saturated rings. The van der Waals surface area contributed by atoms with Crippen LogP contribution < -0.4 is 5.32 Å². The molecule has 2 heterocycles. The second-order valence-electron chi connectivity index (χ2n) is 4.99. The first-order valence-corrected chi connectivity index (χ1v) is 7.08. The van der Waals surface area contributed by atoms with Gasteiger partial charge in [-0.15, -0.1) is 0 Å². The van der Waals surface area contributed by atoms with Gasteiger partial charge in [0.2, 0.25) is 5.89 Å². The Morgan fingerprint density at radius 1 is 1.20 bits per heavy atom. The number of aryl methyl sites for hydroxylation is 2. The molecule has 106 valence electrons. The summed E-state index contributed by atoms with van der Waals surface area (Å²) in [7, 11) is 0. The Balaban J connectivity index is 1.51. The maximum Gasteiger partial charge on any atom is 0.229 e. The second-order valence-corrected chi connectivity index (χ2v) is 4.99. The fourth-order valence-electron chi connectivity index (χ4n) is 2.32. The lowest BCUT2D eigenvalue weighted by Gasteiger charge is -2.21. The van der Waals surface area contributed by atoms with E-state index in [1.807, 2.05) is 18.2 Å². The smallest absolute Gasteiger partial charge is 0.229 e. The average molecular weight is 273 g/mol. The van der Waals surface area contributed by atoms with Crippen LogP contribution in [0.3, 0.4) is 0 Å². The third kappa shape index (κ3) is 3.65. The monoisotopic (exact) mass is 273 g/mol. The molecule has 1 N–H and O–H groups in total. The lowest BCUT2D eigenvalue weighted by atomic mass is 10.1. The first-order chi connectivity index (χ1) is 9.90. The predicted octanol–water partition coefficient (Wildman–Crippen LogP) is 1.39. The minimum absolute atomic E-state index is 0.145. The zero-order valence-corrected chi connectivity index (χ0v) is 11.4. The van der Waals surface area contributed by atoms with Crippen LogP contribution in [0.4, 0.5) is 0 Å². The van der Waals surface area contributed by atoms with Crippen LogP contribution in [0.2, 0.25) is 0 Å². The van der Waals surface area contributed by atoms with E-state index in [9.17, 15) is 0 Å². The fraction of sp³-hybridized carbons (Fsp3) is 0.467. The first kappa shape index (κ1) is 13.3. The minimum Gasteiger partial charge on any atom is -0.375 e. The molecular formula is C15H19N3O2. The molecule has 5 heteroatoms. The number of hydrogen-bond donors (Lipinski definition) is 1. The van der Waals surface area contributed by atoms with Gasteiger partial charge < -0.3 is 14.6 Å². The average Bonchev–Trinajstić information content (AvgIpc) is 2.95. The van der Waals surface area contributed by atoms with Gasteiger partial charge in [-0.3, -0.25) is 0 Å². The van der Waals surface area contributed by atoms with E-state index in [2.05, 4.69) is 27.6 Å². The number of morpholine rings is 1. The van der Waals surface area contributed by atoms with Crippen LogP contribution in [0, 0.1) is 0 Å². The summed E-state index contributed by atoms with van der Waals surface area (Å²) in [4.78, 5) is 4.43. The van der Waals surface area contributed by atoms with Crippen LogP contribution in [0.25, 0.3) is 0 Å². The lowest BCUT2D eigenvalue weighted by Crippen LogP contribution is -2.39. The molecule has 1 aromatic heterocycles. The Hall–Kier alpha value is -1.72. The third-order valence-corrected chi connectivity index (χ3v) is 3.40. The first-order valence-electron chi connectivity index (χ1n) is 7.08.